The van der Waals surface area contributed by atoms with Crippen LogP contribution >= 0.6 is 0 Å². The summed E-state index contributed by atoms with van der Waals surface area (Å²) in [5, 5.41) is 14.6. The standard InChI is InChI=1S/C13H14N4O2/c1-3-19-13-16(2)12(18)11(9-14)15-17(13)10-7-5-4-6-8-10/h4-8,13H,3H2,1-2H3/t13-/m0/s1. The number of anilines is 1. The molecule has 19 heavy (non-hydrogen) atoms. The van der Waals surface area contributed by atoms with Crippen molar-refractivity contribution in [2.75, 3.05) is 18.7 Å². The van der Waals surface area contributed by atoms with Crippen molar-refractivity contribution < 1.29 is 9.53 Å². The predicted octanol–water partition coefficient (Wildman–Crippen LogP) is 1.16. The van der Waals surface area contributed by atoms with Crippen molar-refractivity contribution in [3.8, 4) is 6.07 Å². The van der Waals surface area contributed by atoms with Crippen LogP contribution in [0.5, 0.6) is 0 Å². The van der Waals surface area contributed by atoms with Crippen LogP contribution in [0.1, 0.15) is 6.92 Å². The van der Waals surface area contributed by atoms with E-state index in [1.54, 1.807) is 7.05 Å². The van der Waals surface area contributed by atoms with Crippen LogP contribution in [0.25, 0.3) is 0 Å². The largest absolute Gasteiger partial charge is 0.339 e. The number of hydrogen-bond donors (Lipinski definition) is 0. The van der Waals surface area contributed by atoms with Gasteiger partial charge in [-0.15, -0.1) is 0 Å². The molecular formula is C13H14N4O2. The third-order valence-electron chi connectivity index (χ3n) is 2.71. The van der Waals surface area contributed by atoms with Crippen LogP contribution in [-0.2, 0) is 9.53 Å². The fourth-order valence-electron chi connectivity index (χ4n) is 1.80. The smallest absolute Gasteiger partial charge is 0.288 e. The number of rotatable bonds is 3. The minimum absolute atomic E-state index is 0.151. The Morgan fingerprint density at radius 1 is 1.42 bits per heavy atom. The van der Waals surface area contributed by atoms with Gasteiger partial charge in [0.25, 0.3) is 5.91 Å². The molecule has 0 N–H and O–H groups in total. The molecule has 0 spiro atoms. The number of ether oxygens (including phenoxy) is 1. The summed E-state index contributed by atoms with van der Waals surface area (Å²) in [6.07, 6.45) is -0.642. The van der Waals surface area contributed by atoms with E-state index in [4.69, 9.17) is 10.00 Å². The highest BCUT2D eigenvalue weighted by atomic mass is 16.5. The van der Waals surface area contributed by atoms with E-state index in [1.807, 2.05) is 43.3 Å². The van der Waals surface area contributed by atoms with Gasteiger partial charge >= 0.3 is 0 Å². The molecule has 0 saturated carbocycles. The molecule has 98 valence electrons. The summed E-state index contributed by atoms with van der Waals surface area (Å²) >= 11 is 0. The van der Waals surface area contributed by atoms with Gasteiger partial charge in [0.1, 0.15) is 6.07 Å². The molecule has 1 aromatic rings. The molecule has 6 heteroatoms. The fraction of sp³-hybridized carbons (Fsp3) is 0.308. The van der Waals surface area contributed by atoms with Crippen molar-refractivity contribution in [1.82, 2.24) is 4.90 Å². The lowest BCUT2D eigenvalue weighted by Crippen LogP contribution is -2.55. The Morgan fingerprint density at radius 2 is 2.11 bits per heavy atom. The van der Waals surface area contributed by atoms with E-state index in [0.29, 0.717) is 6.61 Å². The van der Waals surface area contributed by atoms with Crippen LogP contribution in [0.3, 0.4) is 0 Å². The summed E-state index contributed by atoms with van der Waals surface area (Å²) in [7, 11) is 1.59. The highest BCUT2D eigenvalue weighted by molar-refractivity contribution is 6.45. The van der Waals surface area contributed by atoms with Gasteiger partial charge in [0.05, 0.1) is 5.69 Å². The van der Waals surface area contributed by atoms with Crippen LogP contribution in [0.2, 0.25) is 0 Å². The molecule has 2 rings (SSSR count). The molecule has 1 amide bonds. The van der Waals surface area contributed by atoms with Crippen molar-refractivity contribution in [2.45, 2.75) is 13.3 Å². The minimum atomic E-state index is -0.642. The van der Waals surface area contributed by atoms with Gasteiger partial charge in [0.2, 0.25) is 12.1 Å². The Morgan fingerprint density at radius 3 is 2.68 bits per heavy atom. The Labute approximate surface area is 111 Å². The molecule has 1 atom stereocenters. The van der Waals surface area contributed by atoms with E-state index in [-0.39, 0.29) is 5.71 Å². The van der Waals surface area contributed by atoms with E-state index in [9.17, 15) is 4.79 Å². The van der Waals surface area contributed by atoms with E-state index < -0.39 is 12.3 Å². The summed E-state index contributed by atoms with van der Waals surface area (Å²) in [5.41, 5.74) is 0.607. The maximum Gasteiger partial charge on any atom is 0.288 e. The maximum absolute atomic E-state index is 11.9. The molecule has 1 aliphatic rings. The van der Waals surface area contributed by atoms with Gasteiger partial charge in [-0.25, -0.2) is 5.01 Å². The summed E-state index contributed by atoms with van der Waals surface area (Å²) in [6, 6.07) is 11.1. The molecule has 0 radical (unpaired) electrons. The second kappa shape index (κ2) is 5.50. The zero-order chi connectivity index (χ0) is 13.8. The zero-order valence-electron chi connectivity index (χ0n) is 10.8. The average molecular weight is 258 g/mol. The van der Waals surface area contributed by atoms with Crippen LogP contribution in [0.4, 0.5) is 5.69 Å². The number of para-hydroxylation sites is 1. The molecule has 0 aromatic heterocycles. The number of hydrogen-bond acceptors (Lipinski definition) is 5. The number of benzene rings is 1. The second-order valence-electron chi connectivity index (χ2n) is 3.94. The topological polar surface area (TPSA) is 68.9 Å². The molecule has 1 aliphatic heterocycles. The summed E-state index contributed by atoms with van der Waals surface area (Å²) < 4.78 is 5.54. The summed E-state index contributed by atoms with van der Waals surface area (Å²) in [4.78, 5) is 13.2. The summed E-state index contributed by atoms with van der Waals surface area (Å²) in [5.74, 6) is -0.437. The van der Waals surface area contributed by atoms with Gasteiger partial charge in [0.15, 0.2) is 0 Å². The van der Waals surface area contributed by atoms with Crippen LogP contribution in [-0.4, -0.2) is 36.5 Å². The van der Waals surface area contributed by atoms with E-state index in [1.165, 1.54) is 9.91 Å². The third kappa shape index (κ3) is 2.41. The zero-order valence-corrected chi connectivity index (χ0v) is 10.8. The molecule has 0 bridgehead atoms. The minimum Gasteiger partial charge on any atom is -0.339 e. The molecule has 0 fully saturated rings. The Hall–Kier alpha value is -2.39. The average Bonchev–Trinajstić information content (AvgIpc) is 2.45. The van der Waals surface area contributed by atoms with Gasteiger partial charge in [0, 0.05) is 13.7 Å². The van der Waals surface area contributed by atoms with Gasteiger partial charge in [-0.1, -0.05) is 18.2 Å². The third-order valence-corrected chi connectivity index (χ3v) is 2.71. The molecule has 0 saturated heterocycles. The van der Waals surface area contributed by atoms with Crippen LogP contribution in [0.15, 0.2) is 35.4 Å². The van der Waals surface area contributed by atoms with Gasteiger partial charge < -0.3 is 4.74 Å². The van der Waals surface area contributed by atoms with Gasteiger partial charge in [-0.2, -0.15) is 10.4 Å². The van der Waals surface area contributed by atoms with E-state index >= 15 is 0 Å². The Bertz CT molecular complexity index is 535. The monoisotopic (exact) mass is 258 g/mol. The number of carbonyl (C=O) groups excluding carboxylic acids is 1. The molecule has 0 aliphatic carbocycles. The molecule has 1 heterocycles. The molecule has 0 unspecified atom stereocenters. The SMILES string of the molecule is CCO[C@H]1N(C)C(=O)C(C#N)=NN1c1ccccc1. The first-order valence-electron chi connectivity index (χ1n) is 5.90. The Kier molecular flexibility index (Phi) is 3.78. The maximum atomic E-state index is 11.9. The molecule has 1 aromatic carbocycles. The van der Waals surface area contributed by atoms with Crippen molar-refractivity contribution in [3.05, 3.63) is 30.3 Å². The quantitative estimate of drug-likeness (QED) is 0.816. The van der Waals surface area contributed by atoms with Gasteiger partial charge in [-0.3, -0.25) is 9.69 Å². The van der Waals surface area contributed by atoms with Crippen molar-refractivity contribution in [2.24, 2.45) is 5.10 Å². The van der Waals surface area contributed by atoms with Crippen LogP contribution < -0.4 is 5.01 Å². The second-order valence-corrected chi connectivity index (χ2v) is 3.94. The summed E-state index contributed by atoms with van der Waals surface area (Å²) in [6.45, 7) is 2.27. The number of nitriles is 1. The highest BCUT2D eigenvalue weighted by Crippen LogP contribution is 2.22. The highest BCUT2D eigenvalue weighted by Gasteiger charge is 2.35. The van der Waals surface area contributed by atoms with E-state index in [2.05, 4.69) is 5.10 Å². The van der Waals surface area contributed by atoms with Crippen LogP contribution in [0, 0.1) is 11.3 Å². The predicted molar refractivity (Wildman–Crippen MR) is 70.2 cm³/mol. The lowest BCUT2D eigenvalue weighted by atomic mass is 10.3. The van der Waals surface area contributed by atoms with Crippen molar-refractivity contribution in [3.63, 3.8) is 0 Å². The lowest BCUT2D eigenvalue weighted by molar-refractivity contribution is -0.137. The first-order valence-corrected chi connectivity index (χ1v) is 5.90. The molecule has 6 nitrogen and oxygen atoms in total. The normalized spacial score (nSPS) is 19.1. The Balaban J connectivity index is 2.45. The van der Waals surface area contributed by atoms with E-state index in [0.717, 1.165) is 5.69 Å². The first kappa shape index (κ1) is 13.1. The number of hydrazone groups is 1. The number of amides is 1. The number of nitrogens with zero attached hydrogens (tertiary/aromatic N) is 4. The first-order chi connectivity index (χ1) is 9.19. The van der Waals surface area contributed by atoms with Gasteiger partial charge in [-0.05, 0) is 19.1 Å². The molecular weight excluding hydrogens is 244 g/mol. The lowest BCUT2D eigenvalue weighted by Gasteiger charge is -2.37. The van der Waals surface area contributed by atoms with Crippen molar-refractivity contribution in [1.29, 1.82) is 5.26 Å². The van der Waals surface area contributed by atoms with Crippen molar-refractivity contribution >= 4 is 17.3 Å². The number of carbonyl (C=O) groups is 1. The fourth-order valence-corrected chi connectivity index (χ4v) is 1.80.